The third kappa shape index (κ3) is 1.67. The molecule has 2 aromatic rings. The summed E-state index contributed by atoms with van der Waals surface area (Å²) in [5.74, 6) is 0.578. The number of rotatable bonds is 2. The molecule has 2 N–H and O–H groups in total. The number of nitrogens with zero attached hydrogens (tertiary/aromatic N) is 3. The summed E-state index contributed by atoms with van der Waals surface area (Å²) in [6.45, 7) is 0. The molecule has 1 saturated carbocycles. The van der Waals surface area contributed by atoms with Gasteiger partial charge in [-0.05, 0) is 25.3 Å². The number of imidazole rings is 1. The van der Waals surface area contributed by atoms with Gasteiger partial charge in [0.05, 0.1) is 17.8 Å². The Balaban J connectivity index is 2.02. The third-order valence-corrected chi connectivity index (χ3v) is 3.57. The molecule has 17 heavy (non-hydrogen) atoms. The van der Waals surface area contributed by atoms with Crippen LogP contribution in [-0.4, -0.2) is 27.7 Å². The first kappa shape index (κ1) is 10.5. The fourth-order valence-corrected chi connectivity index (χ4v) is 2.72. The van der Waals surface area contributed by atoms with E-state index in [-0.39, 0.29) is 0 Å². The van der Waals surface area contributed by atoms with Crippen LogP contribution in [0.3, 0.4) is 0 Å². The molecule has 3 rings (SSSR count). The van der Waals surface area contributed by atoms with Crippen molar-refractivity contribution in [3.8, 4) is 0 Å². The molecule has 0 aliphatic heterocycles. The van der Waals surface area contributed by atoms with Crippen molar-refractivity contribution < 1.29 is 4.74 Å². The van der Waals surface area contributed by atoms with Gasteiger partial charge in [0.2, 0.25) is 5.95 Å². The van der Waals surface area contributed by atoms with Gasteiger partial charge in [0, 0.05) is 19.3 Å². The van der Waals surface area contributed by atoms with Crippen molar-refractivity contribution in [3.63, 3.8) is 0 Å². The summed E-state index contributed by atoms with van der Waals surface area (Å²) in [5, 5.41) is 0. The Morgan fingerprint density at radius 3 is 3.12 bits per heavy atom. The van der Waals surface area contributed by atoms with Crippen LogP contribution in [0.1, 0.15) is 25.3 Å². The molecule has 0 saturated heterocycles. The molecule has 1 fully saturated rings. The molecule has 90 valence electrons. The van der Waals surface area contributed by atoms with Crippen LogP contribution in [0, 0.1) is 0 Å². The van der Waals surface area contributed by atoms with E-state index in [1.807, 2.05) is 6.07 Å². The third-order valence-electron chi connectivity index (χ3n) is 3.57. The highest BCUT2D eigenvalue weighted by atomic mass is 16.5. The number of anilines is 1. The van der Waals surface area contributed by atoms with Gasteiger partial charge in [0.15, 0.2) is 0 Å². The van der Waals surface area contributed by atoms with Gasteiger partial charge < -0.3 is 15.0 Å². The van der Waals surface area contributed by atoms with Gasteiger partial charge in [0.25, 0.3) is 0 Å². The van der Waals surface area contributed by atoms with E-state index in [1.165, 1.54) is 0 Å². The van der Waals surface area contributed by atoms with Crippen molar-refractivity contribution in [2.45, 2.75) is 31.4 Å². The minimum absolute atomic E-state index is 0.346. The molecule has 5 nitrogen and oxygen atoms in total. The Hall–Kier alpha value is -1.62. The highest BCUT2D eigenvalue weighted by Crippen LogP contribution is 2.35. The molecule has 0 bridgehead atoms. The van der Waals surface area contributed by atoms with E-state index in [0.29, 0.717) is 18.1 Å². The number of fused-ring (bicyclic) bond motifs is 1. The van der Waals surface area contributed by atoms with Crippen LogP contribution in [0.4, 0.5) is 5.95 Å². The van der Waals surface area contributed by atoms with Gasteiger partial charge in [-0.25, -0.2) is 4.98 Å². The van der Waals surface area contributed by atoms with Crippen LogP contribution >= 0.6 is 0 Å². The second-order valence-corrected chi connectivity index (χ2v) is 4.53. The molecule has 0 spiro atoms. The maximum atomic E-state index is 6.00. The zero-order valence-electron chi connectivity index (χ0n) is 9.84. The molecule has 1 aliphatic carbocycles. The SMILES string of the molecule is COC1CCC(n2c(N)nc3cnccc32)C1. The quantitative estimate of drug-likeness (QED) is 0.856. The molecule has 0 aromatic carbocycles. The summed E-state index contributed by atoms with van der Waals surface area (Å²) < 4.78 is 7.53. The van der Waals surface area contributed by atoms with E-state index in [4.69, 9.17) is 10.5 Å². The standard InChI is InChI=1S/C12H16N4O/c1-17-9-3-2-8(6-9)16-11-4-5-14-7-10(11)15-12(16)13/h4-5,7-9H,2-3,6H2,1H3,(H2,13,15). The lowest BCUT2D eigenvalue weighted by molar-refractivity contribution is 0.106. The van der Waals surface area contributed by atoms with E-state index in [2.05, 4.69) is 14.5 Å². The number of nitrogen functional groups attached to an aromatic ring is 1. The number of hydrogen-bond donors (Lipinski definition) is 1. The van der Waals surface area contributed by atoms with Crippen molar-refractivity contribution in [2.75, 3.05) is 12.8 Å². The first-order chi connectivity index (χ1) is 8.29. The highest BCUT2D eigenvalue weighted by Gasteiger charge is 2.28. The Kier molecular flexibility index (Phi) is 2.48. The highest BCUT2D eigenvalue weighted by molar-refractivity contribution is 5.77. The summed E-state index contributed by atoms with van der Waals surface area (Å²) in [6, 6.07) is 2.37. The number of pyridine rings is 1. The minimum atomic E-state index is 0.346. The molecule has 0 amide bonds. The molecule has 5 heteroatoms. The maximum Gasteiger partial charge on any atom is 0.201 e. The first-order valence-electron chi connectivity index (χ1n) is 5.90. The topological polar surface area (TPSA) is 66.0 Å². The Labute approximate surface area is 99.6 Å². The average molecular weight is 232 g/mol. The summed E-state index contributed by atoms with van der Waals surface area (Å²) in [5.41, 5.74) is 7.94. The minimum Gasteiger partial charge on any atom is -0.381 e. The lowest BCUT2D eigenvalue weighted by atomic mass is 10.2. The van der Waals surface area contributed by atoms with Gasteiger partial charge in [-0.3, -0.25) is 4.98 Å². The zero-order chi connectivity index (χ0) is 11.8. The van der Waals surface area contributed by atoms with Crippen molar-refractivity contribution in [3.05, 3.63) is 18.5 Å². The fraction of sp³-hybridized carbons (Fsp3) is 0.500. The number of methoxy groups -OCH3 is 1. The summed E-state index contributed by atoms with van der Waals surface area (Å²) in [6.07, 6.45) is 7.07. The number of ether oxygens (including phenoxy) is 1. The van der Waals surface area contributed by atoms with Gasteiger partial charge >= 0.3 is 0 Å². The second-order valence-electron chi connectivity index (χ2n) is 4.53. The predicted molar refractivity (Wildman–Crippen MR) is 65.6 cm³/mol. The van der Waals surface area contributed by atoms with Gasteiger partial charge in [-0.2, -0.15) is 0 Å². The molecular weight excluding hydrogens is 216 g/mol. The maximum absolute atomic E-state index is 6.00. The number of aromatic nitrogens is 3. The molecule has 2 unspecified atom stereocenters. The molecule has 2 atom stereocenters. The normalized spacial score (nSPS) is 24.5. The molecule has 1 aliphatic rings. The predicted octanol–water partition coefficient (Wildman–Crippen LogP) is 1.75. The molecule has 2 heterocycles. The molecule has 0 radical (unpaired) electrons. The van der Waals surface area contributed by atoms with Crippen molar-refractivity contribution in [1.82, 2.24) is 14.5 Å². The van der Waals surface area contributed by atoms with Crippen LogP contribution in [0.25, 0.3) is 11.0 Å². The van der Waals surface area contributed by atoms with Gasteiger partial charge in [-0.15, -0.1) is 0 Å². The van der Waals surface area contributed by atoms with E-state index < -0.39 is 0 Å². The van der Waals surface area contributed by atoms with Crippen LogP contribution < -0.4 is 5.73 Å². The molecule has 2 aromatic heterocycles. The lowest BCUT2D eigenvalue weighted by Crippen LogP contribution is -2.11. The smallest absolute Gasteiger partial charge is 0.201 e. The van der Waals surface area contributed by atoms with Crippen molar-refractivity contribution in [2.24, 2.45) is 0 Å². The monoisotopic (exact) mass is 232 g/mol. The number of nitrogens with two attached hydrogens (primary N) is 1. The van der Waals surface area contributed by atoms with Gasteiger partial charge in [0.1, 0.15) is 5.52 Å². The van der Waals surface area contributed by atoms with E-state index in [9.17, 15) is 0 Å². The first-order valence-corrected chi connectivity index (χ1v) is 5.90. The van der Waals surface area contributed by atoms with Crippen LogP contribution in [0.15, 0.2) is 18.5 Å². The number of hydrogen-bond acceptors (Lipinski definition) is 4. The van der Waals surface area contributed by atoms with Crippen LogP contribution in [0.5, 0.6) is 0 Å². The summed E-state index contributed by atoms with van der Waals surface area (Å²) in [7, 11) is 1.77. The Bertz CT molecular complexity index is 536. The van der Waals surface area contributed by atoms with E-state index in [0.717, 1.165) is 30.3 Å². The van der Waals surface area contributed by atoms with E-state index >= 15 is 0 Å². The van der Waals surface area contributed by atoms with Crippen molar-refractivity contribution in [1.29, 1.82) is 0 Å². The van der Waals surface area contributed by atoms with Crippen molar-refractivity contribution >= 4 is 17.0 Å². The second kappa shape index (κ2) is 4.00. The Morgan fingerprint density at radius 2 is 2.35 bits per heavy atom. The average Bonchev–Trinajstić information content (AvgIpc) is 2.91. The van der Waals surface area contributed by atoms with Crippen LogP contribution in [-0.2, 0) is 4.74 Å². The zero-order valence-corrected chi connectivity index (χ0v) is 9.84. The summed E-state index contributed by atoms with van der Waals surface area (Å²) in [4.78, 5) is 8.41. The van der Waals surface area contributed by atoms with E-state index in [1.54, 1.807) is 19.5 Å². The molecular formula is C12H16N4O. The summed E-state index contributed by atoms with van der Waals surface area (Å²) >= 11 is 0. The van der Waals surface area contributed by atoms with Crippen LogP contribution in [0.2, 0.25) is 0 Å². The largest absolute Gasteiger partial charge is 0.381 e. The lowest BCUT2D eigenvalue weighted by Gasteiger charge is -2.14. The van der Waals surface area contributed by atoms with Gasteiger partial charge in [-0.1, -0.05) is 0 Å². The fourth-order valence-electron chi connectivity index (χ4n) is 2.72. The Morgan fingerprint density at radius 1 is 1.47 bits per heavy atom.